The maximum Gasteiger partial charge on any atom is 0.175 e. The maximum absolute atomic E-state index is 11.6. The maximum atomic E-state index is 11.6. The molecule has 0 fully saturated rings. The van der Waals surface area contributed by atoms with Gasteiger partial charge in [-0.3, -0.25) is 0 Å². The number of imidazole rings is 1. The van der Waals surface area contributed by atoms with Crippen LogP contribution in [0, 0.1) is 0 Å². The highest BCUT2D eigenvalue weighted by Gasteiger charge is 2.10. The zero-order chi connectivity index (χ0) is 18.3. The number of rotatable bonds is 3. The van der Waals surface area contributed by atoms with Gasteiger partial charge >= 0.3 is 0 Å². The third kappa shape index (κ3) is 3.21. The fourth-order valence-electron chi connectivity index (χ4n) is 2.72. The Balaban J connectivity index is 1.74. The molecule has 7 heteroatoms. The number of sulfone groups is 1. The van der Waals surface area contributed by atoms with E-state index in [1.54, 1.807) is 30.5 Å². The summed E-state index contributed by atoms with van der Waals surface area (Å²) < 4.78 is 23.2. The number of pyridine rings is 1. The minimum atomic E-state index is -3.21. The topological polar surface area (TPSA) is 75.7 Å². The van der Waals surface area contributed by atoms with Crippen molar-refractivity contribution in [3.63, 3.8) is 0 Å². The lowest BCUT2D eigenvalue weighted by molar-refractivity contribution is 0.602. The molecule has 4 aromatic rings. The van der Waals surface area contributed by atoms with Gasteiger partial charge in [-0.2, -0.15) is 0 Å². The van der Waals surface area contributed by atoms with Gasteiger partial charge < -0.3 is 4.98 Å². The molecular weight excluding hydrogens is 370 g/mol. The van der Waals surface area contributed by atoms with E-state index in [0.29, 0.717) is 21.4 Å². The fraction of sp³-hybridized carbons (Fsp3) is 0.0526. The number of halogens is 1. The predicted molar refractivity (Wildman–Crippen MR) is 103 cm³/mol. The number of nitrogens with one attached hydrogen (secondary N) is 1. The molecule has 2 aromatic heterocycles. The van der Waals surface area contributed by atoms with Crippen LogP contribution in [0.5, 0.6) is 0 Å². The van der Waals surface area contributed by atoms with E-state index in [1.807, 2.05) is 30.3 Å². The van der Waals surface area contributed by atoms with Gasteiger partial charge in [-0.05, 0) is 35.9 Å². The second-order valence-electron chi connectivity index (χ2n) is 5.98. The summed E-state index contributed by atoms with van der Waals surface area (Å²) in [5.41, 5.74) is 4.02. The van der Waals surface area contributed by atoms with Crippen LogP contribution in [0.1, 0.15) is 0 Å². The molecule has 2 heterocycles. The van der Waals surface area contributed by atoms with Crippen molar-refractivity contribution in [3.8, 4) is 22.5 Å². The molecular formula is C19H14ClN3O2S. The number of nitrogens with zero attached hydrogens (tertiary/aromatic N) is 2. The minimum Gasteiger partial charge on any atom is -0.323 e. The molecule has 0 bridgehead atoms. The van der Waals surface area contributed by atoms with Crippen molar-refractivity contribution < 1.29 is 8.42 Å². The molecule has 4 rings (SSSR count). The van der Waals surface area contributed by atoms with E-state index < -0.39 is 9.84 Å². The monoisotopic (exact) mass is 383 g/mol. The lowest BCUT2D eigenvalue weighted by Crippen LogP contribution is -1.96. The van der Waals surface area contributed by atoms with E-state index >= 15 is 0 Å². The Hall–Kier alpha value is -2.70. The quantitative estimate of drug-likeness (QED) is 0.570. The smallest absolute Gasteiger partial charge is 0.175 e. The molecule has 0 saturated carbocycles. The molecule has 0 unspecified atom stereocenters. The molecule has 0 aliphatic rings. The number of fused-ring (bicyclic) bond motifs is 1. The molecule has 0 aliphatic heterocycles. The first-order valence-corrected chi connectivity index (χ1v) is 10.1. The molecule has 2 aromatic carbocycles. The molecule has 0 atom stereocenters. The van der Waals surface area contributed by atoms with Gasteiger partial charge in [-0.1, -0.05) is 35.9 Å². The number of benzene rings is 2. The van der Waals surface area contributed by atoms with E-state index in [2.05, 4.69) is 15.0 Å². The van der Waals surface area contributed by atoms with Gasteiger partial charge in [0.15, 0.2) is 15.5 Å². The molecule has 130 valence electrons. The zero-order valence-electron chi connectivity index (χ0n) is 13.8. The number of aromatic amines is 1. The van der Waals surface area contributed by atoms with Crippen LogP contribution in [0.2, 0.25) is 5.02 Å². The van der Waals surface area contributed by atoms with E-state index in [1.165, 1.54) is 6.26 Å². The van der Waals surface area contributed by atoms with Crippen LogP contribution >= 0.6 is 11.6 Å². The highest BCUT2D eigenvalue weighted by molar-refractivity contribution is 7.90. The van der Waals surface area contributed by atoms with Gasteiger partial charge in [-0.25, -0.2) is 18.4 Å². The highest BCUT2D eigenvalue weighted by Crippen LogP contribution is 2.26. The molecule has 0 amide bonds. The average molecular weight is 384 g/mol. The Bertz CT molecular complexity index is 1220. The number of hydrogen-bond acceptors (Lipinski definition) is 4. The summed E-state index contributed by atoms with van der Waals surface area (Å²) in [6.07, 6.45) is 2.93. The molecule has 0 aliphatic carbocycles. The zero-order valence-corrected chi connectivity index (χ0v) is 15.3. The van der Waals surface area contributed by atoms with Gasteiger partial charge in [0, 0.05) is 28.6 Å². The van der Waals surface area contributed by atoms with E-state index in [0.717, 1.165) is 22.2 Å². The van der Waals surface area contributed by atoms with Gasteiger partial charge in [0.05, 0.1) is 4.90 Å². The molecule has 0 radical (unpaired) electrons. The van der Waals surface area contributed by atoms with Crippen molar-refractivity contribution in [1.82, 2.24) is 15.0 Å². The Morgan fingerprint density at radius 1 is 0.962 bits per heavy atom. The number of H-pyrrole nitrogens is 1. The first-order chi connectivity index (χ1) is 12.4. The van der Waals surface area contributed by atoms with Crippen molar-refractivity contribution in [2.45, 2.75) is 4.90 Å². The third-order valence-electron chi connectivity index (χ3n) is 4.05. The molecule has 5 nitrogen and oxygen atoms in total. The molecule has 26 heavy (non-hydrogen) atoms. The van der Waals surface area contributed by atoms with Crippen molar-refractivity contribution in [1.29, 1.82) is 0 Å². The second-order valence-corrected chi connectivity index (χ2v) is 8.44. The normalized spacial score (nSPS) is 11.8. The Kier molecular flexibility index (Phi) is 4.01. The van der Waals surface area contributed by atoms with E-state index in [4.69, 9.17) is 11.6 Å². The summed E-state index contributed by atoms with van der Waals surface area (Å²) in [6, 6.07) is 16.1. The van der Waals surface area contributed by atoms with Crippen LogP contribution < -0.4 is 0 Å². The van der Waals surface area contributed by atoms with Gasteiger partial charge in [0.25, 0.3) is 0 Å². The van der Waals surface area contributed by atoms with Gasteiger partial charge in [0.2, 0.25) is 0 Å². The highest BCUT2D eigenvalue weighted by atomic mass is 35.5. The number of hydrogen-bond donors (Lipinski definition) is 1. The SMILES string of the molecule is CS(=O)(=O)c1ccc(-c2cnc3[nH]c(-c4cccc(Cl)c4)nc3c2)cc1. The lowest BCUT2D eigenvalue weighted by atomic mass is 10.1. The lowest BCUT2D eigenvalue weighted by Gasteiger charge is -2.03. The first-order valence-electron chi connectivity index (χ1n) is 7.82. The van der Waals surface area contributed by atoms with Crippen LogP contribution in [0.4, 0.5) is 0 Å². The summed E-state index contributed by atoms with van der Waals surface area (Å²) in [5, 5.41) is 0.641. The molecule has 0 saturated heterocycles. The standard InChI is InChI=1S/C19H14ClN3O2S/c1-26(24,25)16-7-5-12(6-8-16)14-10-17-19(21-11-14)23-18(22-17)13-3-2-4-15(20)9-13/h2-11H,1H3,(H,21,22,23). The number of aromatic nitrogens is 3. The van der Waals surface area contributed by atoms with Gasteiger partial charge in [-0.15, -0.1) is 0 Å². The van der Waals surface area contributed by atoms with Crippen LogP contribution in [0.25, 0.3) is 33.7 Å². The Labute approximate surface area is 155 Å². The molecule has 0 spiro atoms. The summed E-state index contributed by atoms with van der Waals surface area (Å²) in [7, 11) is -3.21. The van der Waals surface area contributed by atoms with Crippen molar-refractivity contribution >= 4 is 32.6 Å². The summed E-state index contributed by atoms with van der Waals surface area (Å²) in [5.74, 6) is 0.694. The summed E-state index contributed by atoms with van der Waals surface area (Å²) in [4.78, 5) is 12.5. The summed E-state index contributed by atoms with van der Waals surface area (Å²) >= 11 is 6.04. The van der Waals surface area contributed by atoms with Gasteiger partial charge in [0.1, 0.15) is 11.3 Å². The van der Waals surface area contributed by atoms with Crippen LogP contribution in [-0.2, 0) is 9.84 Å². The summed E-state index contributed by atoms with van der Waals surface area (Å²) in [6.45, 7) is 0. The third-order valence-corrected chi connectivity index (χ3v) is 5.41. The largest absolute Gasteiger partial charge is 0.323 e. The van der Waals surface area contributed by atoms with Crippen LogP contribution in [-0.4, -0.2) is 29.6 Å². The van der Waals surface area contributed by atoms with Crippen LogP contribution in [0.3, 0.4) is 0 Å². The Morgan fingerprint density at radius 2 is 1.73 bits per heavy atom. The van der Waals surface area contributed by atoms with Crippen molar-refractivity contribution in [3.05, 3.63) is 65.8 Å². The van der Waals surface area contributed by atoms with Crippen molar-refractivity contribution in [2.75, 3.05) is 6.26 Å². The second kappa shape index (κ2) is 6.23. The fourth-order valence-corrected chi connectivity index (χ4v) is 3.54. The van der Waals surface area contributed by atoms with Crippen molar-refractivity contribution in [2.24, 2.45) is 0 Å². The average Bonchev–Trinajstić information content (AvgIpc) is 3.04. The Morgan fingerprint density at radius 3 is 2.42 bits per heavy atom. The predicted octanol–water partition coefficient (Wildman–Crippen LogP) is 4.35. The van der Waals surface area contributed by atoms with Crippen LogP contribution in [0.15, 0.2) is 65.7 Å². The first kappa shape index (κ1) is 16.8. The molecule has 1 N–H and O–H groups in total. The van der Waals surface area contributed by atoms with E-state index in [9.17, 15) is 8.42 Å². The minimum absolute atomic E-state index is 0.290. The van der Waals surface area contributed by atoms with E-state index in [-0.39, 0.29) is 0 Å².